The molecule has 1 radical (unpaired) electrons. The van der Waals surface area contributed by atoms with Crippen LogP contribution in [0.5, 0.6) is 0 Å². The van der Waals surface area contributed by atoms with Gasteiger partial charge in [0, 0.05) is 27.2 Å². The maximum absolute atomic E-state index is 3.54. The van der Waals surface area contributed by atoms with Gasteiger partial charge in [-0.05, 0) is 46.5 Å². The zero-order chi connectivity index (χ0) is 14.9. The summed E-state index contributed by atoms with van der Waals surface area (Å²) < 4.78 is 0. The number of hydrogen-bond donors (Lipinski definition) is 1. The van der Waals surface area contributed by atoms with Gasteiger partial charge in [-0.25, -0.2) is 0 Å². The minimum atomic E-state index is 0.0567. The van der Waals surface area contributed by atoms with Crippen LogP contribution in [0.3, 0.4) is 0 Å². The Balaban J connectivity index is 1.95. The first-order valence-electron chi connectivity index (χ1n) is 7.73. The highest BCUT2D eigenvalue weighted by Crippen LogP contribution is 2.50. The molecule has 0 atom stereocenters. The first kappa shape index (κ1) is 12.0. The molecule has 0 bridgehead atoms. The molecular formula is C21H16N. The quantitative estimate of drug-likeness (QED) is 0.443. The smallest absolute Gasteiger partial charge is 0.0471 e. The molecule has 0 saturated heterocycles. The van der Waals surface area contributed by atoms with Gasteiger partial charge in [-0.3, -0.25) is 0 Å². The van der Waals surface area contributed by atoms with Crippen molar-refractivity contribution in [3.05, 3.63) is 71.8 Å². The molecule has 4 aromatic rings. The summed E-state index contributed by atoms with van der Waals surface area (Å²) in [6.45, 7) is 4.64. The number of H-pyrrole nitrogens is 1. The Labute approximate surface area is 129 Å². The van der Waals surface area contributed by atoms with Gasteiger partial charge in [-0.2, -0.15) is 0 Å². The lowest BCUT2D eigenvalue weighted by atomic mass is 9.82. The monoisotopic (exact) mass is 282 g/mol. The first-order chi connectivity index (χ1) is 10.7. The largest absolute Gasteiger partial charge is 0.354 e. The Bertz CT molecular complexity index is 1050. The van der Waals surface area contributed by atoms with E-state index in [2.05, 4.69) is 67.4 Å². The maximum atomic E-state index is 3.54. The van der Waals surface area contributed by atoms with Crippen molar-refractivity contribution in [1.82, 2.24) is 4.98 Å². The lowest BCUT2D eigenvalue weighted by Crippen LogP contribution is -2.14. The van der Waals surface area contributed by atoms with Gasteiger partial charge >= 0.3 is 0 Å². The number of rotatable bonds is 0. The minimum Gasteiger partial charge on any atom is -0.354 e. The standard InChI is InChI=1S/C21H16N/c1-21(2)17-9-5-3-7-13(17)15-11-16-14-8-4-6-10-19(14)22-20(16)12-18(15)21/h3-7,9-12,22H,1-2H3. The summed E-state index contributed by atoms with van der Waals surface area (Å²) in [5.41, 5.74) is 7.99. The maximum Gasteiger partial charge on any atom is 0.0471 e. The number of fused-ring (bicyclic) bond motifs is 6. The second kappa shape index (κ2) is 3.80. The van der Waals surface area contributed by atoms with Gasteiger partial charge in [-0.15, -0.1) is 0 Å². The molecule has 22 heavy (non-hydrogen) atoms. The number of aromatic nitrogens is 1. The summed E-state index contributed by atoms with van der Waals surface area (Å²) in [5, 5.41) is 2.45. The van der Waals surface area contributed by atoms with Crippen LogP contribution in [0.15, 0.2) is 54.6 Å². The van der Waals surface area contributed by atoms with E-state index in [0.717, 1.165) is 5.52 Å². The Morgan fingerprint density at radius 1 is 0.864 bits per heavy atom. The van der Waals surface area contributed by atoms with Crippen LogP contribution >= 0.6 is 0 Å². The number of nitrogens with one attached hydrogen (secondary N) is 1. The third-order valence-corrected chi connectivity index (χ3v) is 5.12. The van der Waals surface area contributed by atoms with E-state index in [-0.39, 0.29) is 5.41 Å². The molecule has 0 fully saturated rings. The summed E-state index contributed by atoms with van der Waals surface area (Å²) in [5.74, 6) is 0. The van der Waals surface area contributed by atoms with Crippen molar-refractivity contribution in [3.63, 3.8) is 0 Å². The average Bonchev–Trinajstić information content (AvgIpc) is 3.00. The van der Waals surface area contributed by atoms with Crippen LogP contribution in [0.1, 0.15) is 25.0 Å². The minimum absolute atomic E-state index is 0.0567. The molecule has 1 heteroatoms. The van der Waals surface area contributed by atoms with Gasteiger partial charge in [-0.1, -0.05) is 50.2 Å². The van der Waals surface area contributed by atoms with Gasteiger partial charge < -0.3 is 4.98 Å². The molecule has 1 aromatic heterocycles. The van der Waals surface area contributed by atoms with E-state index >= 15 is 0 Å². The van der Waals surface area contributed by atoms with E-state index in [1.807, 2.05) is 12.1 Å². The second-order valence-corrected chi connectivity index (χ2v) is 6.70. The van der Waals surface area contributed by atoms with Gasteiger partial charge in [0.15, 0.2) is 0 Å². The zero-order valence-corrected chi connectivity index (χ0v) is 12.7. The molecule has 5 rings (SSSR count). The van der Waals surface area contributed by atoms with E-state index in [4.69, 9.17) is 0 Å². The third kappa shape index (κ3) is 1.34. The topological polar surface area (TPSA) is 15.8 Å². The van der Waals surface area contributed by atoms with Gasteiger partial charge in [0.2, 0.25) is 0 Å². The predicted octanol–water partition coefficient (Wildman–Crippen LogP) is 5.43. The molecule has 1 nitrogen and oxygen atoms in total. The molecule has 1 aliphatic carbocycles. The molecule has 1 aliphatic rings. The van der Waals surface area contributed by atoms with E-state index in [0.29, 0.717) is 0 Å². The summed E-state index contributed by atoms with van der Waals surface area (Å²) in [7, 11) is 0. The molecule has 0 saturated carbocycles. The SMILES string of the molecule is CC1(C)c2ccccc2-c2cc3c(cc21)[nH]c1ccc[c]c13. The molecule has 0 aliphatic heterocycles. The van der Waals surface area contributed by atoms with Gasteiger partial charge in [0.05, 0.1) is 0 Å². The van der Waals surface area contributed by atoms with Crippen molar-refractivity contribution < 1.29 is 0 Å². The Hall–Kier alpha value is -2.54. The molecule has 3 aromatic carbocycles. The van der Waals surface area contributed by atoms with Crippen molar-refractivity contribution in [2.45, 2.75) is 19.3 Å². The highest BCUT2D eigenvalue weighted by Gasteiger charge is 2.35. The lowest BCUT2D eigenvalue weighted by Gasteiger charge is -2.21. The molecule has 105 valence electrons. The first-order valence-corrected chi connectivity index (χ1v) is 7.73. The molecule has 0 amide bonds. The van der Waals surface area contributed by atoms with E-state index in [1.54, 1.807) is 0 Å². The summed E-state index contributed by atoms with van der Waals surface area (Å²) in [4.78, 5) is 3.54. The Kier molecular flexibility index (Phi) is 2.08. The predicted molar refractivity (Wildman–Crippen MR) is 92.2 cm³/mol. The van der Waals surface area contributed by atoms with Crippen LogP contribution in [0, 0.1) is 6.07 Å². The third-order valence-electron chi connectivity index (χ3n) is 5.12. The highest BCUT2D eigenvalue weighted by atomic mass is 14.7. The highest BCUT2D eigenvalue weighted by molar-refractivity contribution is 6.09. The fourth-order valence-electron chi connectivity index (χ4n) is 3.97. The van der Waals surface area contributed by atoms with Crippen LogP contribution in [0.2, 0.25) is 0 Å². The Morgan fingerprint density at radius 3 is 2.64 bits per heavy atom. The molecular weight excluding hydrogens is 266 g/mol. The van der Waals surface area contributed by atoms with Crippen molar-refractivity contribution in [3.8, 4) is 11.1 Å². The number of benzene rings is 3. The van der Waals surface area contributed by atoms with Crippen molar-refractivity contribution >= 4 is 21.8 Å². The molecule has 1 heterocycles. The van der Waals surface area contributed by atoms with Crippen molar-refractivity contribution in [2.75, 3.05) is 0 Å². The second-order valence-electron chi connectivity index (χ2n) is 6.70. The van der Waals surface area contributed by atoms with Gasteiger partial charge in [0.1, 0.15) is 0 Å². The average molecular weight is 282 g/mol. The van der Waals surface area contributed by atoms with E-state index in [1.165, 1.54) is 38.5 Å². The van der Waals surface area contributed by atoms with Crippen molar-refractivity contribution in [1.29, 1.82) is 0 Å². The molecule has 0 spiro atoms. The lowest BCUT2D eigenvalue weighted by molar-refractivity contribution is 0.661. The molecule has 1 N–H and O–H groups in total. The van der Waals surface area contributed by atoms with Crippen LogP contribution in [-0.4, -0.2) is 4.98 Å². The summed E-state index contributed by atoms with van der Waals surface area (Å²) in [6, 6.07) is 23.0. The normalized spacial score (nSPS) is 15.2. The van der Waals surface area contributed by atoms with Crippen LogP contribution < -0.4 is 0 Å². The fourth-order valence-corrected chi connectivity index (χ4v) is 3.97. The summed E-state index contributed by atoms with van der Waals surface area (Å²) >= 11 is 0. The molecule has 0 unspecified atom stereocenters. The van der Waals surface area contributed by atoms with E-state index in [9.17, 15) is 0 Å². The zero-order valence-electron chi connectivity index (χ0n) is 12.7. The van der Waals surface area contributed by atoms with E-state index < -0.39 is 0 Å². The number of aromatic amines is 1. The van der Waals surface area contributed by atoms with Crippen LogP contribution in [0.4, 0.5) is 0 Å². The number of hydrogen-bond acceptors (Lipinski definition) is 0. The van der Waals surface area contributed by atoms with Gasteiger partial charge in [0.25, 0.3) is 0 Å². The van der Waals surface area contributed by atoms with Crippen LogP contribution in [0.25, 0.3) is 32.9 Å². The Morgan fingerprint density at radius 2 is 1.73 bits per heavy atom. The fraction of sp³-hybridized carbons (Fsp3) is 0.143. The van der Waals surface area contributed by atoms with Crippen molar-refractivity contribution in [2.24, 2.45) is 0 Å². The van der Waals surface area contributed by atoms with Crippen LogP contribution in [-0.2, 0) is 5.41 Å². The summed E-state index contributed by atoms with van der Waals surface area (Å²) in [6.07, 6.45) is 0.